The molecule has 0 spiro atoms. The van der Waals surface area contributed by atoms with Crippen LogP contribution in [0.15, 0.2) is 24.3 Å². The molecule has 2 rings (SSSR count). The van der Waals surface area contributed by atoms with E-state index in [0.29, 0.717) is 18.5 Å². The molecule has 1 aromatic carbocycles. The van der Waals surface area contributed by atoms with Gasteiger partial charge in [-0.25, -0.2) is 4.79 Å². The lowest BCUT2D eigenvalue weighted by atomic mass is 10.1. The minimum Gasteiger partial charge on any atom is -0.480 e. The Hall–Kier alpha value is -1.88. The van der Waals surface area contributed by atoms with E-state index in [1.54, 1.807) is 24.3 Å². The molecule has 1 aromatic rings. The number of nitrogens with zero attached hydrogens (tertiary/aromatic N) is 1. The predicted molar refractivity (Wildman–Crippen MR) is 64.1 cm³/mol. The van der Waals surface area contributed by atoms with Crippen LogP contribution in [0.5, 0.6) is 0 Å². The van der Waals surface area contributed by atoms with Crippen LogP contribution in [0.1, 0.15) is 28.8 Å². The molecule has 1 aliphatic heterocycles. The third kappa shape index (κ3) is 2.36. The lowest BCUT2D eigenvalue weighted by Gasteiger charge is -2.21. The van der Waals surface area contributed by atoms with Crippen molar-refractivity contribution in [2.24, 2.45) is 0 Å². The van der Waals surface area contributed by atoms with Gasteiger partial charge in [0.15, 0.2) is 0 Å². The van der Waals surface area contributed by atoms with Gasteiger partial charge in [0.05, 0.1) is 6.61 Å². The second-order valence-electron chi connectivity index (χ2n) is 4.35. The fraction of sp³-hybridized carbons (Fsp3) is 0.385. The average molecular weight is 249 g/mol. The van der Waals surface area contributed by atoms with Crippen LogP contribution in [0.4, 0.5) is 0 Å². The fourth-order valence-corrected chi connectivity index (χ4v) is 2.19. The van der Waals surface area contributed by atoms with Crippen molar-refractivity contribution >= 4 is 11.9 Å². The van der Waals surface area contributed by atoms with E-state index in [4.69, 9.17) is 10.2 Å². The molecule has 1 heterocycles. The molecular formula is C13H15NO4. The number of benzene rings is 1. The number of rotatable bonds is 3. The molecule has 1 amide bonds. The molecule has 5 nitrogen and oxygen atoms in total. The van der Waals surface area contributed by atoms with Crippen molar-refractivity contribution < 1.29 is 19.8 Å². The number of hydrogen-bond acceptors (Lipinski definition) is 3. The highest BCUT2D eigenvalue weighted by Crippen LogP contribution is 2.20. The van der Waals surface area contributed by atoms with E-state index in [1.807, 2.05) is 0 Å². The molecule has 2 N–H and O–H groups in total. The first kappa shape index (κ1) is 12.6. The molecule has 0 saturated carbocycles. The summed E-state index contributed by atoms with van der Waals surface area (Å²) in [7, 11) is 0. The maximum absolute atomic E-state index is 12.2. The third-order valence-corrected chi connectivity index (χ3v) is 3.18. The number of aliphatic carboxylic acids is 1. The van der Waals surface area contributed by atoms with Crippen LogP contribution in [0, 0.1) is 0 Å². The lowest BCUT2D eigenvalue weighted by Crippen LogP contribution is -2.40. The van der Waals surface area contributed by atoms with Gasteiger partial charge in [0.2, 0.25) is 0 Å². The van der Waals surface area contributed by atoms with Gasteiger partial charge >= 0.3 is 5.97 Å². The summed E-state index contributed by atoms with van der Waals surface area (Å²) in [6.45, 7) is 0.410. The maximum Gasteiger partial charge on any atom is 0.326 e. The number of carbonyl (C=O) groups is 2. The van der Waals surface area contributed by atoms with Gasteiger partial charge in [-0.05, 0) is 30.5 Å². The van der Waals surface area contributed by atoms with Crippen molar-refractivity contribution in [3.05, 3.63) is 35.4 Å². The quantitative estimate of drug-likeness (QED) is 0.833. The van der Waals surface area contributed by atoms with Crippen LogP contribution in [-0.2, 0) is 11.4 Å². The van der Waals surface area contributed by atoms with Gasteiger partial charge < -0.3 is 15.1 Å². The van der Waals surface area contributed by atoms with Gasteiger partial charge in [0.25, 0.3) is 5.91 Å². The van der Waals surface area contributed by atoms with Crippen LogP contribution < -0.4 is 0 Å². The van der Waals surface area contributed by atoms with E-state index in [0.717, 1.165) is 12.0 Å². The summed E-state index contributed by atoms with van der Waals surface area (Å²) in [5.41, 5.74) is 1.18. The summed E-state index contributed by atoms with van der Waals surface area (Å²) in [6.07, 6.45) is 1.23. The Balaban J connectivity index is 2.17. The summed E-state index contributed by atoms with van der Waals surface area (Å²) in [5.74, 6) is -1.21. The van der Waals surface area contributed by atoms with E-state index in [2.05, 4.69) is 0 Å². The fourth-order valence-electron chi connectivity index (χ4n) is 2.19. The van der Waals surface area contributed by atoms with Gasteiger partial charge in [-0.15, -0.1) is 0 Å². The molecule has 0 aliphatic carbocycles. The molecule has 0 bridgehead atoms. The summed E-state index contributed by atoms with van der Waals surface area (Å²) in [5, 5.41) is 18.0. The topological polar surface area (TPSA) is 77.8 Å². The highest BCUT2D eigenvalue weighted by molar-refractivity contribution is 5.97. The Morgan fingerprint density at radius 1 is 1.28 bits per heavy atom. The lowest BCUT2D eigenvalue weighted by molar-refractivity contribution is -0.141. The van der Waals surface area contributed by atoms with Crippen LogP contribution in [-0.4, -0.2) is 39.6 Å². The molecule has 0 radical (unpaired) electrons. The summed E-state index contributed by atoms with van der Waals surface area (Å²) in [4.78, 5) is 24.6. The van der Waals surface area contributed by atoms with E-state index >= 15 is 0 Å². The first-order valence-corrected chi connectivity index (χ1v) is 5.87. The number of hydrogen-bond donors (Lipinski definition) is 2. The molecule has 5 heteroatoms. The molecule has 0 unspecified atom stereocenters. The largest absolute Gasteiger partial charge is 0.480 e. The molecule has 1 aliphatic rings. The Labute approximate surface area is 105 Å². The van der Waals surface area contributed by atoms with Crippen molar-refractivity contribution in [2.75, 3.05) is 6.54 Å². The van der Waals surface area contributed by atoms with Crippen molar-refractivity contribution in [3.63, 3.8) is 0 Å². The smallest absolute Gasteiger partial charge is 0.326 e. The molecule has 1 saturated heterocycles. The van der Waals surface area contributed by atoms with Crippen LogP contribution >= 0.6 is 0 Å². The maximum atomic E-state index is 12.2. The van der Waals surface area contributed by atoms with E-state index in [9.17, 15) is 9.59 Å². The average Bonchev–Trinajstić information content (AvgIpc) is 2.87. The van der Waals surface area contributed by atoms with Gasteiger partial charge in [0.1, 0.15) is 6.04 Å². The number of carboxylic acids is 1. The van der Waals surface area contributed by atoms with Crippen LogP contribution in [0.3, 0.4) is 0 Å². The molecular weight excluding hydrogens is 234 g/mol. The Morgan fingerprint density at radius 2 is 1.94 bits per heavy atom. The van der Waals surface area contributed by atoms with Crippen molar-refractivity contribution in [2.45, 2.75) is 25.5 Å². The van der Waals surface area contributed by atoms with Crippen molar-refractivity contribution in [1.29, 1.82) is 0 Å². The number of carbonyl (C=O) groups excluding carboxylic acids is 1. The van der Waals surface area contributed by atoms with E-state index in [1.165, 1.54) is 4.90 Å². The van der Waals surface area contributed by atoms with Crippen molar-refractivity contribution in [3.8, 4) is 0 Å². The summed E-state index contributed by atoms with van der Waals surface area (Å²) < 4.78 is 0. The zero-order valence-electron chi connectivity index (χ0n) is 9.87. The first-order valence-electron chi connectivity index (χ1n) is 5.87. The molecule has 18 heavy (non-hydrogen) atoms. The summed E-state index contributed by atoms with van der Waals surface area (Å²) >= 11 is 0. The van der Waals surface area contributed by atoms with E-state index < -0.39 is 12.0 Å². The van der Waals surface area contributed by atoms with Gasteiger partial charge in [-0.3, -0.25) is 4.79 Å². The van der Waals surface area contributed by atoms with Crippen LogP contribution in [0.25, 0.3) is 0 Å². The third-order valence-electron chi connectivity index (χ3n) is 3.18. The number of likely N-dealkylation sites (tertiary alicyclic amines) is 1. The molecule has 1 atom stereocenters. The first-order chi connectivity index (χ1) is 8.63. The van der Waals surface area contributed by atoms with Crippen molar-refractivity contribution in [1.82, 2.24) is 4.90 Å². The van der Waals surface area contributed by atoms with E-state index in [-0.39, 0.29) is 12.5 Å². The number of amides is 1. The highest BCUT2D eigenvalue weighted by Gasteiger charge is 2.34. The number of aliphatic hydroxyl groups is 1. The Kier molecular flexibility index (Phi) is 3.62. The SMILES string of the molecule is O=C(O)[C@H]1CCCN1C(=O)c1ccc(CO)cc1. The Bertz CT molecular complexity index is 455. The van der Waals surface area contributed by atoms with Gasteiger partial charge in [0, 0.05) is 12.1 Å². The number of aliphatic hydroxyl groups excluding tert-OH is 1. The molecule has 0 aromatic heterocycles. The second kappa shape index (κ2) is 5.18. The van der Waals surface area contributed by atoms with Crippen LogP contribution in [0.2, 0.25) is 0 Å². The number of carboxylic acid groups (broad SMARTS) is 1. The van der Waals surface area contributed by atoms with Gasteiger partial charge in [-0.1, -0.05) is 12.1 Å². The minimum absolute atomic E-state index is 0.0735. The minimum atomic E-state index is -0.951. The second-order valence-corrected chi connectivity index (χ2v) is 4.35. The predicted octanol–water partition coefficient (Wildman–Crippen LogP) is 0.868. The van der Waals surface area contributed by atoms with Gasteiger partial charge in [-0.2, -0.15) is 0 Å². The monoisotopic (exact) mass is 249 g/mol. The normalized spacial score (nSPS) is 18.9. The standard InChI is InChI=1S/C13H15NO4/c15-8-9-3-5-10(6-4-9)12(16)14-7-1-2-11(14)13(17)18/h3-6,11,15H,1-2,7-8H2,(H,17,18)/t11-/m1/s1. The summed E-state index contributed by atoms with van der Waals surface area (Å²) in [6, 6.07) is 5.85. The molecule has 96 valence electrons. The zero-order valence-corrected chi connectivity index (χ0v) is 9.87. The zero-order chi connectivity index (χ0) is 13.1. The Morgan fingerprint density at radius 3 is 2.50 bits per heavy atom. The highest BCUT2D eigenvalue weighted by atomic mass is 16.4. The molecule has 1 fully saturated rings.